The Morgan fingerprint density at radius 2 is 1.67 bits per heavy atom. The van der Waals surface area contributed by atoms with Crippen molar-refractivity contribution < 1.29 is 17.6 Å². The lowest BCUT2D eigenvalue weighted by atomic mass is 10.1. The van der Waals surface area contributed by atoms with E-state index in [0.29, 0.717) is 50.4 Å². The van der Waals surface area contributed by atoms with Crippen molar-refractivity contribution in [1.82, 2.24) is 9.62 Å². The normalized spacial score (nSPS) is 15.2. The largest absolute Gasteiger partial charge is 0.367 e. The van der Waals surface area contributed by atoms with Crippen LogP contribution in [0.3, 0.4) is 0 Å². The van der Waals surface area contributed by atoms with Crippen LogP contribution in [-0.4, -0.2) is 57.1 Å². The van der Waals surface area contributed by atoms with Gasteiger partial charge in [-0.3, -0.25) is 4.79 Å². The minimum absolute atomic E-state index is 0.0280. The van der Waals surface area contributed by atoms with Gasteiger partial charge in [-0.15, -0.1) is 0 Å². The lowest BCUT2D eigenvalue weighted by Crippen LogP contribution is -2.49. The number of nitrogens with zero attached hydrogens (tertiary/aromatic N) is 2. The monoisotopic (exact) mass is 433 g/mol. The standard InChI is InChI=1S/C22H28FN3O3S/c1-17-14-18(2)16-19(15-17)22(27)24-8-5-13-30(28,29)26-11-9-25(10-12-26)21-7-4-3-6-20(21)23/h3-4,6-7,14-16H,5,8-13H2,1-2H3,(H,24,27). The van der Waals surface area contributed by atoms with Crippen LogP contribution in [0.25, 0.3) is 0 Å². The smallest absolute Gasteiger partial charge is 0.251 e. The first-order chi connectivity index (χ1) is 14.3. The summed E-state index contributed by atoms with van der Waals surface area (Å²) in [6.45, 7) is 5.70. The number of anilines is 1. The highest BCUT2D eigenvalue weighted by molar-refractivity contribution is 7.89. The molecule has 0 radical (unpaired) electrons. The summed E-state index contributed by atoms with van der Waals surface area (Å²) in [5, 5.41) is 2.79. The van der Waals surface area contributed by atoms with Crippen LogP contribution in [-0.2, 0) is 10.0 Å². The summed E-state index contributed by atoms with van der Waals surface area (Å²) in [6, 6.07) is 12.1. The Labute approximate surface area is 177 Å². The van der Waals surface area contributed by atoms with E-state index >= 15 is 0 Å². The van der Waals surface area contributed by atoms with Crippen LogP contribution in [0.15, 0.2) is 42.5 Å². The quantitative estimate of drug-likeness (QED) is 0.682. The number of rotatable bonds is 7. The number of carbonyl (C=O) groups excluding carboxylic acids is 1. The molecule has 6 nitrogen and oxygen atoms in total. The molecule has 1 aliphatic rings. The molecule has 8 heteroatoms. The van der Waals surface area contributed by atoms with Crippen molar-refractivity contribution in [2.24, 2.45) is 0 Å². The summed E-state index contributed by atoms with van der Waals surface area (Å²) >= 11 is 0. The average Bonchev–Trinajstić information content (AvgIpc) is 2.71. The van der Waals surface area contributed by atoms with E-state index in [1.54, 1.807) is 18.2 Å². The number of nitrogens with one attached hydrogen (secondary N) is 1. The molecular formula is C22H28FN3O3S. The van der Waals surface area contributed by atoms with Gasteiger partial charge >= 0.3 is 0 Å². The van der Waals surface area contributed by atoms with Crippen LogP contribution < -0.4 is 10.2 Å². The van der Waals surface area contributed by atoms with Gasteiger partial charge < -0.3 is 10.2 Å². The molecule has 0 unspecified atom stereocenters. The van der Waals surface area contributed by atoms with Gasteiger partial charge in [-0.25, -0.2) is 12.8 Å². The molecule has 30 heavy (non-hydrogen) atoms. The molecule has 0 aromatic heterocycles. The Hall–Kier alpha value is -2.45. The van der Waals surface area contributed by atoms with E-state index in [4.69, 9.17) is 0 Å². The molecule has 0 atom stereocenters. The molecule has 1 amide bonds. The maximum absolute atomic E-state index is 13.9. The molecule has 1 saturated heterocycles. The van der Waals surface area contributed by atoms with E-state index in [1.807, 2.05) is 36.9 Å². The van der Waals surface area contributed by atoms with Gasteiger partial charge in [0.2, 0.25) is 10.0 Å². The molecule has 0 aliphatic carbocycles. The van der Waals surface area contributed by atoms with Gasteiger partial charge in [0.15, 0.2) is 0 Å². The molecule has 162 valence electrons. The maximum atomic E-state index is 13.9. The van der Waals surface area contributed by atoms with Crippen LogP contribution in [0.1, 0.15) is 27.9 Å². The number of hydrogen-bond donors (Lipinski definition) is 1. The Morgan fingerprint density at radius 1 is 1.03 bits per heavy atom. The summed E-state index contributed by atoms with van der Waals surface area (Å²) in [6.07, 6.45) is 0.340. The van der Waals surface area contributed by atoms with E-state index in [2.05, 4.69) is 5.32 Å². The fourth-order valence-corrected chi connectivity index (χ4v) is 5.20. The predicted molar refractivity (Wildman–Crippen MR) is 117 cm³/mol. The van der Waals surface area contributed by atoms with Crippen molar-refractivity contribution in [3.05, 3.63) is 65.0 Å². The Morgan fingerprint density at radius 3 is 2.30 bits per heavy atom. The number of halogens is 1. The summed E-state index contributed by atoms with van der Waals surface area (Å²) < 4.78 is 40.6. The van der Waals surface area contributed by atoms with E-state index in [9.17, 15) is 17.6 Å². The van der Waals surface area contributed by atoms with Crippen LogP contribution in [0.2, 0.25) is 0 Å². The zero-order chi connectivity index (χ0) is 21.7. The van der Waals surface area contributed by atoms with Crippen molar-refractivity contribution in [1.29, 1.82) is 0 Å². The molecular weight excluding hydrogens is 405 g/mol. The number of sulfonamides is 1. The Balaban J connectivity index is 1.45. The molecule has 3 rings (SSSR count). The van der Waals surface area contributed by atoms with Crippen molar-refractivity contribution in [3.8, 4) is 0 Å². The first kappa shape index (κ1) is 22.2. The molecule has 2 aromatic rings. The topological polar surface area (TPSA) is 69.7 Å². The van der Waals surface area contributed by atoms with E-state index < -0.39 is 10.0 Å². The number of piperazine rings is 1. The molecule has 0 spiro atoms. The highest BCUT2D eigenvalue weighted by Gasteiger charge is 2.27. The minimum atomic E-state index is -3.41. The zero-order valence-corrected chi connectivity index (χ0v) is 18.2. The fourth-order valence-electron chi connectivity index (χ4n) is 3.71. The number of carbonyl (C=O) groups is 1. The molecule has 1 aliphatic heterocycles. The van der Waals surface area contributed by atoms with E-state index in [0.717, 1.165) is 11.1 Å². The predicted octanol–water partition coefficient (Wildman–Crippen LogP) is 2.71. The van der Waals surface area contributed by atoms with Crippen molar-refractivity contribution in [2.75, 3.05) is 43.4 Å². The molecule has 2 aromatic carbocycles. The number of amides is 1. The second-order valence-corrected chi connectivity index (χ2v) is 9.73. The van der Waals surface area contributed by atoms with Crippen LogP contribution in [0, 0.1) is 19.7 Å². The van der Waals surface area contributed by atoms with Gasteiger partial charge in [0.25, 0.3) is 5.91 Å². The molecule has 1 heterocycles. The van der Waals surface area contributed by atoms with Crippen LogP contribution in [0.5, 0.6) is 0 Å². The van der Waals surface area contributed by atoms with E-state index in [-0.39, 0.29) is 17.5 Å². The van der Waals surface area contributed by atoms with Gasteiger partial charge in [0.1, 0.15) is 5.82 Å². The third-order valence-corrected chi connectivity index (χ3v) is 7.13. The molecule has 1 fully saturated rings. The van der Waals surface area contributed by atoms with Crippen molar-refractivity contribution >= 4 is 21.6 Å². The van der Waals surface area contributed by atoms with Crippen LogP contribution >= 0.6 is 0 Å². The lowest BCUT2D eigenvalue weighted by Gasteiger charge is -2.35. The first-order valence-electron chi connectivity index (χ1n) is 10.1. The van der Waals surface area contributed by atoms with Crippen molar-refractivity contribution in [3.63, 3.8) is 0 Å². The van der Waals surface area contributed by atoms with Gasteiger partial charge in [-0.05, 0) is 44.5 Å². The number of hydrogen-bond acceptors (Lipinski definition) is 4. The summed E-state index contributed by atoms with van der Waals surface area (Å²) in [5.41, 5.74) is 3.11. The SMILES string of the molecule is Cc1cc(C)cc(C(=O)NCCCS(=O)(=O)N2CCN(c3ccccc3F)CC2)c1. The number of aryl methyl sites for hydroxylation is 2. The summed E-state index contributed by atoms with van der Waals surface area (Å²) in [7, 11) is -3.41. The Bertz CT molecular complexity index is 982. The van der Waals surface area contributed by atoms with E-state index in [1.165, 1.54) is 10.4 Å². The molecule has 0 bridgehead atoms. The van der Waals surface area contributed by atoms with Gasteiger partial charge in [0, 0.05) is 38.3 Å². The third kappa shape index (κ3) is 5.58. The second-order valence-electron chi connectivity index (χ2n) is 7.64. The Kier molecular flexibility index (Phi) is 7.10. The first-order valence-corrected chi connectivity index (χ1v) is 11.7. The van der Waals surface area contributed by atoms with Gasteiger partial charge in [-0.2, -0.15) is 4.31 Å². The average molecular weight is 434 g/mol. The van der Waals surface area contributed by atoms with Crippen LogP contribution in [0.4, 0.5) is 10.1 Å². The summed E-state index contributed by atoms with van der Waals surface area (Å²) in [5.74, 6) is -0.522. The fraction of sp³-hybridized carbons (Fsp3) is 0.409. The molecule has 1 N–H and O–H groups in total. The minimum Gasteiger partial charge on any atom is -0.367 e. The number of para-hydroxylation sites is 1. The molecule has 0 saturated carbocycles. The van der Waals surface area contributed by atoms with Gasteiger partial charge in [0.05, 0.1) is 11.4 Å². The second kappa shape index (κ2) is 9.57. The summed E-state index contributed by atoms with van der Waals surface area (Å²) in [4.78, 5) is 14.1. The maximum Gasteiger partial charge on any atom is 0.251 e. The highest BCUT2D eigenvalue weighted by Crippen LogP contribution is 2.21. The third-order valence-electron chi connectivity index (χ3n) is 5.17. The zero-order valence-electron chi connectivity index (χ0n) is 17.4. The number of benzene rings is 2. The van der Waals surface area contributed by atoms with Crippen molar-refractivity contribution in [2.45, 2.75) is 20.3 Å². The lowest BCUT2D eigenvalue weighted by molar-refractivity contribution is 0.0953. The van der Waals surface area contributed by atoms with Gasteiger partial charge in [-0.1, -0.05) is 29.3 Å². The highest BCUT2D eigenvalue weighted by atomic mass is 32.2.